The molecule has 30 heavy (non-hydrogen) atoms. The molecule has 5 heteroatoms. The van der Waals surface area contributed by atoms with Gasteiger partial charge >= 0.3 is 5.97 Å². The first-order chi connectivity index (χ1) is 14.3. The van der Waals surface area contributed by atoms with Gasteiger partial charge in [-0.1, -0.05) is 65.9 Å². The maximum atomic E-state index is 12.9. The summed E-state index contributed by atoms with van der Waals surface area (Å²) in [7, 11) is 0. The Morgan fingerprint density at radius 1 is 1.20 bits per heavy atom. The van der Waals surface area contributed by atoms with Crippen LogP contribution in [0.3, 0.4) is 0 Å². The molecule has 1 saturated heterocycles. The first kappa shape index (κ1) is 23.2. The average Bonchev–Trinajstić information content (AvgIpc) is 3.49. The standard InChI is InChI=1S/C25H38O5/c1-5-6-7-8-9-10-11-12-21(27)29-20-14-13-18(3)24(4)15-19(17(2)16-26)22(28)23-25(20,24)30-23/h16,18-20,23H,2,5-15H2,1,3-4H3/t18-,19-,20+,23?,24+,25?/m1/s1. The minimum atomic E-state index is -0.725. The van der Waals surface area contributed by atoms with Crippen LogP contribution in [-0.2, 0) is 23.9 Å². The van der Waals surface area contributed by atoms with Crippen molar-refractivity contribution in [1.29, 1.82) is 0 Å². The van der Waals surface area contributed by atoms with Gasteiger partial charge in [0, 0.05) is 17.8 Å². The van der Waals surface area contributed by atoms with Gasteiger partial charge in [0.2, 0.25) is 0 Å². The van der Waals surface area contributed by atoms with Crippen LogP contribution in [0, 0.1) is 17.3 Å². The molecule has 5 nitrogen and oxygen atoms in total. The molecule has 0 amide bonds. The number of unbranched alkanes of at least 4 members (excludes halogenated alkanes) is 6. The lowest BCUT2D eigenvalue weighted by atomic mass is 9.52. The second-order valence-electron chi connectivity index (χ2n) is 9.89. The highest BCUT2D eigenvalue weighted by Gasteiger charge is 2.80. The molecule has 1 heterocycles. The monoisotopic (exact) mass is 418 g/mol. The third-order valence-corrected chi connectivity index (χ3v) is 8.05. The maximum absolute atomic E-state index is 12.9. The van der Waals surface area contributed by atoms with E-state index in [-0.39, 0.29) is 23.3 Å². The largest absolute Gasteiger partial charge is 0.459 e. The van der Waals surface area contributed by atoms with Crippen molar-refractivity contribution in [2.75, 3.05) is 0 Å². The quantitative estimate of drug-likeness (QED) is 0.156. The summed E-state index contributed by atoms with van der Waals surface area (Å²) in [5.74, 6) is -0.430. The predicted octanol–water partition coefficient (Wildman–Crippen LogP) is 4.96. The van der Waals surface area contributed by atoms with E-state index in [1.54, 1.807) is 0 Å². The van der Waals surface area contributed by atoms with Crippen LogP contribution in [0.15, 0.2) is 12.2 Å². The van der Waals surface area contributed by atoms with E-state index in [4.69, 9.17) is 9.47 Å². The molecule has 3 fully saturated rings. The van der Waals surface area contributed by atoms with Crippen LogP contribution in [-0.4, -0.2) is 35.8 Å². The van der Waals surface area contributed by atoms with Gasteiger partial charge in [-0.15, -0.1) is 0 Å². The fourth-order valence-corrected chi connectivity index (χ4v) is 5.85. The summed E-state index contributed by atoms with van der Waals surface area (Å²) in [6.07, 6.45) is 10.4. The number of aldehydes is 1. The molecule has 1 spiro atoms. The zero-order valence-electron chi connectivity index (χ0n) is 18.9. The molecule has 0 N–H and O–H groups in total. The molecular formula is C25H38O5. The predicted molar refractivity (Wildman–Crippen MR) is 115 cm³/mol. The smallest absolute Gasteiger partial charge is 0.306 e. The molecule has 0 bridgehead atoms. The molecule has 0 aromatic rings. The van der Waals surface area contributed by atoms with Crippen LogP contribution in [0.5, 0.6) is 0 Å². The molecule has 3 aliphatic rings. The Balaban J connectivity index is 1.59. The number of carbonyl (C=O) groups is 3. The summed E-state index contributed by atoms with van der Waals surface area (Å²) in [5, 5.41) is 0. The SMILES string of the molecule is C=C(C=O)[C@H]1C[C@@]2(C)[C@H](C)CC[C@H](OC(=O)CCCCCCCCC)C23OC3C1=O. The zero-order valence-corrected chi connectivity index (χ0v) is 18.9. The average molecular weight is 419 g/mol. The van der Waals surface area contributed by atoms with Crippen LogP contribution in [0.25, 0.3) is 0 Å². The second-order valence-corrected chi connectivity index (χ2v) is 9.89. The molecule has 2 unspecified atom stereocenters. The number of rotatable bonds is 11. The Morgan fingerprint density at radius 2 is 1.87 bits per heavy atom. The molecule has 0 radical (unpaired) electrons. The van der Waals surface area contributed by atoms with Gasteiger partial charge in [-0.2, -0.15) is 0 Å². The molecule has 2 aliphatic carbocycles. The Labute approximate surface area is 181 Å². The summed E-state index contributed by atoms with van der Waals surface area (Å²) in [4.78, 5) is 36.7. The van der Waals surface area contributed by atoms with Crippen molar-refractivity contribution in [3.8, 4) is 0 Å². The molecule has 2 saturated carbocycles. The van der Waals surface area contributed by atoms with E-state index in [2.05, 4.69) is 27.4 Å². The third kappa shape index (κ3) is 4.02. The summed E-state index contributed by atoms with van der Waals surface area (Å²) >= 11 is 0. The first-order valence-electron chi connectivity index (χ1n) is 11.9. The molecule has 1 aliphatic heterocycles. The van der Waals surface area contributed by atoms with Gasteiger partial charge in [-0.25, -0.2) is 0 Å². The summed E-state index contributed by atoms with van der Waals surface area (Å²) in [6.45, 7) is 10.3. The normalized spacial score (nSPS) is 37.1. The lowest BCUT2D eigenvalue weighted by Gasteiger charge is -2.51. The number of ether oxygens (including phenoxy) is 2. The number of hydrogen-bond acceptors (Lipinski definition) is 5. The fraction of sp³-hybridized carbons (Fsp3) is 0.800. The maximum Gasteiger partial charge on any atom is 0.306 e. The van der Waals surface area contributed by atoms with Crippen molar-refractivity contribution in [2.45, 2.75) is 109 Å². The topological polar surface area (TPSA) is 73.0 Å². The third-order valence-electron chi connectivity index (χ3n) is 8.05. The summed E-state index contributed by atoms with van der Waals surface area (Å²) < 4.78 is 12.0. The number of Topliss-reactive ketones (excluding diaryl/α,β-unsaturated/α-hetero) is 1. The van der Waals surface area contributed by atoms with E-state index in [1.165, 1.54) is 25.7 Å². The second kappa shape index (κ2) is 9.33. The van der Waals surface area contributed by atoms with Crippen LogP contribution in [0.1, 0.15) is 91.4 Å². The van der Waals surface area contributed by atoms with Crippen LogP contribution in [0.2, 0.25) is 0 Å². The number of epoxide rings is 1. The number of hydrogen-bond donors (Lipinski definition) is 0. The van der Waals surface area contributed by atoms with Crippen molar-refractivity contribution in [3.05, 3.63) is 12.2 Å². The van der Waals surface area contributed by atoms with E-state index in [9.17, 15) is 14.4 Å². The fourth-order valence-electron chi connectivity index (χ4n) is 5.85. The number of ketones is 1. The molecule has 0 aromatic carbocycles. The minimum absolute atomic E-state index is 0.0770. The molecule has 0 aromatic heterocycles. The minimum Gasteiger partial charge on any atom is -0.459 e. The molecule has 3 rings (SSSR count). The van der Waals surface area contributed by atoms with Crippen molar-refractivity contribution in [3.63, 3.8) is 0 Å². The Hall–Kier alpha value is -1.49. The van der Waals surface area contributed by atoms with Crippen molar-refractivity contribution < 1.29 is 23.9 Å². The Morgan fingerprint density at radius 3 is 2.53 bits per heavy atom. The molecular weight excluding hydrogens is 380 g/mol. The van der Waals surface area contributed by atoms with Gasteiger partial charge in [0.15, 0.2) is 11.9 Å². The van der Waals surface area contributed by atoms with Gasteiger partial charge in [0.05, 0.1) is 0 Å². The van der Waals surface area contributed by atoms with Crippen molar-refractivity contribution >= 4 is 18.0 Å². The highest BCUT2D eigenvalue weighted by Crippen LogP contribution is 2.67. The summed E-state index contributed by atoms with van der Waals surface area (Å²) in [5.41, 5.74) is -0.711. The molecule has 168 valence electrons. The van der Waals surface area contributed by atoms with Gasteiger partial charge in [-0.05, 0) is 37.2 Å². The lowest BCUT2D eigenvalue weighted by Crippen LogP contribution is -2.60. The first-order valence-corrected chi connectivity index (χ1v) is 11.9. The zero-order chi connectivity index (χ0) is 21.9. The molecule has 6 atom stereocenters. The van der Waals surface area contributed by atoms with Gasteiger partial charge in [-0.3, -0.25) is 14.4 Å². The van der Waals surface area contributed by atoms with E-state index < -0.39 is 17.6 Å². The van der Waals surface area contributed by atoms with Crippen LogP contribution >= 0.6 is 0 Å². The van der Waals surface area contributed by atoms with E-state index in [0.717, 1.165) is 32.1 Å². The number of carbonyl (C=O) groups excluding carboxylic acids is 3. The Bertz CT molecular complexity index is 685. The van der Waals surface area contributed by atoms with Crippen LogP contribution in [0.4, 0.5) is 0 Å². The van der Waals surface area contributed by atoms with Crippen molar-refractivity contribution in [1.82, 2.24) is 0 Å². The van der Waals surface area contributed by atoms with Gasteiger partial charge in [0.25, 0.3) is 0 Å². The highest BCUT2D eigenvalue weighted by atomic mass is 16.7. The number of allylic oxidation sites excluding steroid dienone is 1. The Kier molecular flexibility index (Phi) is 7.21. The van der Waals surface area contributed by atoms with Gasteiger partial charge < -0.3 is 9.47 Å². The van der Waals surface area contributed by atoms with Crippen molar-refractivity contribution in [2.24, 2.45) is 17.3 Å². The van der Waals surface area contributed by atoms with E-state index in [1.807, 2.05) is 0 Å². The summed E-state index contributed by atoms with van der Waals surface area (Å²) in [6, 6.07) is 0. The highest BCUT2D eigenvalue weighted by molar-refractivity contribution is 5.97. The van der Waals surface area contributed by atoms with E-state index >= 15 is 0 Å². The van der Waals surface area contributed by atoms with Crippen LogP contribution < -0.4 is 0 Å². The lowest BCUT2D eigenvalue weighted by molar-refractivity contribution is -0.167. The number of esters is 1. The van der Waals surface area contributed by atoms with E-state index in [0.29, 0.717) is 30.6 Å². The van der Waals surface area contributed by atoms with Gasteiger partial charge in [0.1, 0.15) is 18.0 Å².